The second-order valence-electron chi connectivity index (χ2n) is 7.34. The van der Waals surface area contributed by atoms with Gasteiger partial charge in [-0.25, -0.2) is 9.69 Å². The third-order valence-corrected chi connectivity index (χ3v) is 5.32. The maximum atomic E-state index is 13.2. The number of imide groups is 1. The van der Waals surface area contributed by atoms with Crippen LogP contribution < -0.4 is 9.64 Å². The molecule has 2 aromatic rings. The largest absolute Gasteiger partial charge is 0.496 e. The zero-order valence-corrected chi connectivity index (χ0v) is 17.9. The molecule has 3 amide bonds. The maximum Gasteiger partial charge on any atom is 0.328 e. The number of benzene rings is 2. The summed E-state index contributed by atoms with van der Waals surface area (Å²) in [7, 11) is 1.54. The number of carbonyl (C=O) groups excluding carboxylic acids is 3. The van der Waals surface area contributed by atoms with Crippen LogP contribution in [0.1, 0.15) is 17.5 Å². The summed E-state index contributed by atoms with van der Waals surface area (Å²) in [5.41, 5.74) is 2.05. The lowest BCUT2D eigenvalue weighted by Gasteiger charge is -2.27. The molecule has 0 saturated carbocycles. The predicted octanol–water partition coefficient (Wildman–Crippen LogP) is 2.35. The van der Waals surface area contributed by atoms with Gasteiger partial charge in [-0.15, -0.1) is 0 Å². The first-order valence-electron chi connectivity index (χ1n) is 10.1. The average Bonchev–Trinajstić information content (AvgIpc) is 3.06. The summed E-state index contributed by atoms with van der Waals surface area (Å²) in [5.74, 6) is -2.22. The molecule has 1 aliphatic rings. The Balaban J connectivity index is 1.90. The van der Waals surface area contributed by atoms with E-state index in [1.54, 1.807) is 37.3 Å². The molecule has 32 heavy (non-hydrogen) atoms. The molecule has 1 atom stereocenters. The zero-order chi connectivity index (χ0) is 23.3. The van der Waals surface area contributed by atoms with E-state index in [-0.39, 0.29) is 13.0 Å². The van der Waals surface area contributed by atoms with E-state index in [1.165, 1.54) is 12.0 Å². The topological polar surface area (TPSA) is 104 Å². The molecule has 1 unspecified atom stereocenters. The third kappa shape index (κ3) is 4.85. The number of nitrogens with zero attached hydrogens (tertiary/aromatic N) is 2. The lowest BCUT2D eigenvalue weighted by atomic mass is 10.1. The van der Waals surface area contributed by atoms with Crippen LogP contribution >= 0.6 is 0 Å². The number of hydrogen-bond acceptors (Lipinski definition) is 5. The van der Waals surface area contributed by atoms with E-state index in [4.69, 9.17) is 9.84 Å². The number of methoxy groups -OCH3 is 1. The van der Waals surface area contributed by atoms with Gasteiger partial charge in [0, 0.05) is 18.7 Å². The molecule has 0 aliphatic carbocycles. The molecule has 1 N–H and O–H groups in total. The summed E-state index contributed by atoms with van der Waals surface area (Å²) in [6.45, 7) is 1.90. The molecule has 0 spiro atoms. The Morgan fingerprint density at radius 2 is 1.81 bits per heavy atom. The number of anilines is 1. The maximum absolute atomic E-state index is 13.2. The van der Waals surface area contributed by atoms with Crippen molar-refractivity contribution in [1.82, 2.24) is 4.90 Å². The van der Waals surface area contributed by atoms with Gasteiger partial charge in [0.25, 0.3) is 5.91 Å². The summed E-state index contributed by atoms with van der Waals surface area (Å²) in [6.07, 6.45) is 1.81. The summed E-state index contributed by atoms with van der Waals surface area (Å²) in [4.78, 5) is 52.1. The number of carbonyl (C=O) groups is 4. The number of aliphatic carboxylic acids is 1. The first-order chi connectivity index (χ1) is 15.3. The fourth-order valence-electron chi connectivity index (χ4n) is 3.74. The number of carboxylic acids is 1. The Morgan fingerprint density at radius 1 is 1.12 bits per heavy atom. The third-order valence-electron chi connectivity index (χ3n) is 5.32. The number of rotatable bonds is 8. The van der Waals surface area contributed by atoms with Crippen molar-refractivity contribution >= 4 is 29.4 Å². The Bertz CT molecular complexity index is 1080. The van der Waals surface area contributed by atoms with Gasteiger partial charge in [-0.05, 0) is 36.6 Å². The second-order valence-corrected chi connectivity index (χ2v) is 7.34. The molecule has 1 fully saturated rings. The SMILES string of the molecule is COc1ccccc1CCN(C(=O)C=CC(=O)O)C1CC(=O)N(c2ccccc2C)C1=O. The number of hydrogen-bond donors (Lipinski definition) is 1. The Labute approximate surface area is 185 Å². The minimum absolute atomic E-state index is 0.106. The number of aryl methyl sites for hydroxylation is 1. The fraction of sp³-hybridized carbons (Fsp3) is 0.250. The summed E-state index contributed by atoms with van der Waals surface area (Å²) in [6, 6.07) is 13.3. The van der Waals surface area contributed by atoms with Gasteiger partial charge in [-0.1, -0.05) is 36.4 Å². The molecule has 0 aromatic heterocycles. The average molecular weight is 436 g/mol. The number of ether oxygens (including phenoxy) is 1. The van der Waals surface area contributed by atoms with Crippen LogP contribution in [0.25, 0.3) is 0 Å². The summed E-state index contributed by atoms with van der Waals surface area (Å²) in [5, 5.41) is 8.90. The molecule has 2 aromatic carbocycles. The van der Waals surface area contributed by atoms with E-state index in [9.17, 15) is 19.2 Å². The molecule has 1 saturated heterocycles. The van der Waals surface area contributed by atoms with Crippen molar-refractivity contribution in [2.45, 2.75) is 25.8 Å². The monoisotopic (exact) mass is 436 g/mol. The highest BCUT2D eigenvalue weighted by atomic mass is 16.5. The van der Waals surface area contributed by atoms with Gasteiger partial charge in [0.1, 0.15) is 11.8 Å². The quantitative estimate of drug-likeness (QED) is 0.503. The molecular formula is C24H24N2O6. The van der Waals surface area contributed by atoms with E-state index in [1.807, 2.05) is 18.2 Å². The van der Waals surface area contributed by atoms with Gasteiger partial charge in [0.2, 0.25) is 11.8 Å². The van der Waals surface area contributed by atoms with E-state index < -0.39 is 29.7 Å². The van der Waals surface area contributed by atoms with Crippen molar-refractivity contribution in [2.24, 2.45) is 0 Å². The van der Waals surface area contributed by atoms with Crippen LogP contribution in [0, 0.1) is 6.92 Å². The van der Waals surface area contributed by atoms with E-state index in [2.05, 4.69) is 0 Å². The van der Waals surface area contributed by atoms with Gasteiger partial charge >= 0.3 is 5.97 Å². The van der Waals surface area contributed by atoms with Gasteiger partial charge in [-0.2, -0.15) is 0 Å². The van der Waals surface area contributed by atoms with Crippen LogP contribution in [0.3, 0.4) is 0 Å². The molecular weight excluding hydrogens is 412 g/mol. The van der Waals surface area contributed by atoms with Crippen molar-refractivity contribution in [3.63, 3.8) is 0 Å². The molecule has 1 aliphatic heterocycles. The van der Waals surface area contributed by atoms with Gasteiger partial charge < -0.3 is 14.7 Å². The molecule has 0 radical (unpaired) electrons. The summed E-state index contributed by atoms with van der Waals surface area (Å²) >= 11 is 0. The van der Waals surface area contributed by atoms with Crippen LogP contribution in [0.15, 0.2) is 60.7 Å². The lowest BCUT2D eigenvalue weighted by Crippen LogP contribution is -2.46. The Morgan fingerprint density at radius 3 is 2.50 bits per heavy atom. The van der Waals surface area contributed by atoms with Crippen molar-refractivity contribution in [1.29, 1.82) is 0 Å². The number of carboxylic acid groups (broad SMARTS) is 1. The highest BCUT2D eigenvalue weighted by Crippen LogP contribution is 2.29. The van der Waals surface area contributed by atoms with Crippen LogP contribution in [-0.4, -0.2) is 53.4 Å². The Kier molecular flexibility index (Phi) is 7.04. The standard InChI is InChI=1S/C24H24N2O6/c1-16-7-3-5-9-18(16)26-22(28)15-19(24(26)31)25(21(27)11-12-23(29)30)14-13-17-8-4-6-10-20(17)32-2/h3-12,19H,13-15H2,1-2H3,(H,29,30). The van der Waals surface area contributed by atoms with E-state index in [0.717, 1.165) is 28.2 Å². The molecule has 8 nitrogen and oxygen atoms in total. The lowest BCUT2D eigenvalue weighted by molar-refractivity contribution is -0.135. The highest BCUT2D eigenvalue weighted by Gasteiger charge is 2.44. The van der Waals surface area contributed by atoms with E-state index in [0.29, 0.717) is 17.9 Å². The predicted molar refractivity (Wildman–Crippen MR) is 117 cm³/mol. The van der Waals surface area contributed by atoms with E-state index >= 15 is 0 Å². The van der Waals surface area contributed by atoms with Crippen LogP contribution in [-0.2, 0) is 25.6 Å². The minimum atomic E-state index is -1.28. The smallest absolute Gasteiger partial charge is 0.328 e. The van der Waals surface area contributed by atoms with Gasteiger partial charge in [0.05, 0.1) is 19.2 Å². The minimum Gasteiger partial charge on any atom is -0.496 e. The first-order valence-corrected chi connectivity index (χ1v) is 10.1. The Hall–Kier alpha value is -3.94. The number of amides is 3. The highest BCUT2D eigenvalue weighted by molar-refractivity contribution is 6.23. The first kappa shape index (κ1) is 22.7. The van der Waals surface area contributed by atoms with Crippen molar-refractivity contribution in [2.75, 3.05) is 18.6 Å². The summed E-state index contributed by atoms with van der Waals surface area (Å²) < 4.78 is 5.34. The van der Waals surface area contributed by atoms with Crippen molar-refractivity contribution in [3.05, 3.63) is 71.8 Å². The van der Waals surface area contributed by atoms with Crippen molar-refractivity contribution < 1.29 is 29.0 Å². The molecule has 0 bridgehead atoms. The molecule has 3 rings (SSSR count). The van der Waals surface area contributed by atoms with Crippen LogP contribution in [0.4, 0.5) is 5.69 Å². The molecule has 166 valence electrons. The molecule has 1 heterocycles. The van der Waals surface area contributed by atoms with Crippen LogP contribution in [0.2, 0.25) is 0 Å². The van der Waals surface area contributed by atoms with Gasteiger partial charge in [-0.3, -0.25) is 14.4 Å². The second kappa shape index (κ2) is 9.91. The van der Waals surface area contributed by atoms with Crippen molar-refractivity contribution in [3.8, 4) is 5.75 Å². The fourth-order valence-corrected chi connectivity index (χ4v) is 3.74. The number of para-hydroxylation sites is 2. The zero-order valence-electron chi connectivity index (χ0n) is 17.9. The normalized spacial score (nSPS) is 15.9. The van der Waals surface area contributed by atoms with Crippen LogP contribution in [0.5, 0.6) is 5.75 Å². The molecule has 8 heteroatoms. The van der Waals surface area contributed by atoms with Gasteiger partial charge in [0.15, 0.2) is 0 Å².